The van der Waals surface area contributed by atoms with Gasteiger partial charge in [-0.3, -0.25) is 0 Å². The third kappa shape index (κ3) is 3.10. The fraction of sp³-hybridized carbons (Fsp3) is 0.333. The smallest absolute Gasteiger partial charge is 0.212 e. The van der Waals surface area contributed by atoms with Gasteiger partial charge in [0.1, 0.15) is 5.69 Å². The van der Waals surface area contributed by atoms with Crippen molar-refractivity contribution in [3.63, 3.8) is 0 Å². The molecule has 1 aromatic rings. The molecule has 0 fully saturated rings. The zero-order valence-corrected chi connectivity index (χ0v) is 9.36. The lowest BCUT2D eigenvalue weighted by molar-refractivity contribution is 0.520. The molecule has 0 saturated carbocycles. The highest BCUT2D eigenvalue weighted by molar-refractivity contribution is 7.88. The van der Waals surface area contributed by atoms with Crippen molar-refractivity contribution >= 4 is 15.7 Å². The molecule has 0 spiro atoms. The van der Waals surface area contributed by atoms with Gasteiger partial charge in [-0.25, -0.2) is 12.7 Å². The monoisotopic (exact) mass is 228 g/mol. The molecule has 0 amide bonds. The molecule has 0 saturated heterocycles. The SMILES string of the molecule is CN(C)S(=O)(=O)Cc1ccc(N=O)cc1. The Bertz CT molecular complexity index is 437. The standard InChI is InChI=1S/C9H12N2O3S/c1-11(2)15(13,14)7-8-3-5-9(10-12)6-4-8/h3-6H,7H2,1-2H3. The van der Waals surface area contributed by atoms with Crippen LogP contribution in [-0.2, 0) is 15.8 Å². The summed E-state index contributed by atoms with van der Waals surface area (Å²) in [6, 6.07) is 6.15. The van der Waals surface area contributed by atoms with Crippen LogP contribution in [0.15, 0.2) is 29.4 Å². The predicted molar refractivity (Wildman–Crippen MR) is 58.2 cm³/mol. The van der Waals surface area contributed by atoms with Crippen LogP contribution in [0.4, 0.5) is 5.69 Å². The average molecular weight is 228 g/mol. The van der Waals surface area contributed by atoms with Crippen LogP contribution in [0.25, 0.3) is 0 Å². The third-order valence-electron chi connectivity index (χ3n) is 1.95. The van der Waals surface area contributed by atoms with Crippen molar-refractivity contribution in [3.05, 3.63) is 34.7 Å². The van der Waals surface area contributed by atoms with Crippen LogP contribution < -0.4 is 0 Å². The largest absolute Gasteiger partial charge is 0.217 e. The van der Waals surface area contributed by atoms with Gasteiger partial charge in [0.15, 0.2) is 0 Å². The number of hydrogen-bond donors (Lipinski definition) is 0. The van der Waals surface area contributed by atoms with Gasteiger partial charge in [-0.1, -0.05) is 12.1 Å². The highest BCUT2D eigenvalue weighted by Crippen LogP contribution is 2.14. The molecular formula is C9H12N2O3S. The van der Waals surface area contributed by atoms with Crippen molar-refractivity contribution in [1.29, 1.82) is 0 Å². The summed E-state index contributed by atoms with van der Waals surface area (Å²) in [4.78, 5) is 10.1. The molecule has 1 aromatic carbocycles. The Balaban J connectivity index is 2.87. The van der Waals surface area contributed by atoms with E-state index >= 15 is 0 Å². The van der Waals surface area contributed by atoms with E-state index in [0.717, 1.165) is 0 Å². The van der Waals surface area contributed by atoms with E-state index in [9.17, 15) is 13.3 Å². The van der Waals surface area contributed by atoms with E-state index in [1.165, 1.54) is 30.5 Å². The van der Waals surface area contributed by atoms with Crippen molar-refractivity contribution in [2.75, 3.05) is 14.1 Å². The molecular weight excluding hydrogens is 216 g/mol. The maximum atomic E-state index is 11.5. The Labute approximate surface area is 88.7 Å². The van der Waals surface area contributed by atoms with Crippen LogP contribution in [0.5, 0.6) is 0 Å². The Morgan fingerprint density at radius 1 is 1.20 bits per heavy atom. The fourth-order valence-corrected chi connectivity index (χ4v) is 1.86. The molecule has 0 unspecified atom stereocenters. The molecule has 6 heteroatoms. The first-order valence-electron chi connectivity index (χ1n) is 4.28. The lowest BCUT2D eigenvalue weighted by Gasteiger charge is -2.10. The zero-order chi connectivity index (χ0) is 11.5. The van der Waals surface area contributed by atoms with E-state index in [0.29, 0.717) is 11.3 Å². The number of rotatable bonds is 4. The van der Waals surface area contributed by atoms with Gasteiger partial charge in [-0.05, 0) is 22.9 Å². The molecule has 0 heterocycles. The lowest BCUT2D eigenvalue weighted by Crippen LogP contribution is -2.23. The second-order valence-corrected chi connectivity index (χ2v) is 5.48. The molecule has 0 N–H and O–H groups in total. The summed E-state index contributed by atoms with van der Waals surface area (Å²) in [5.74, 6) is -0.0703. The number of sulfonamides is 1. The van der Waals surface area contributed by atoms with E-state index < -0.39 is 10.0 Å². The number of nitrogens with zero attached hydrogens (tertiary/aromatic N) is 2. The Morgan fingerprint density at radius 3 is 2.13 bits per heavy atom. The number of benzene rings is 1. The zero-order valence-electron chi connectivity index (χ0n) is 8.54. The van der Waals surface area contributed by atoms with Gasteiger partial charge in [0.2, 0.25) is 10.0 Å². The van der Waals surface area contributed by atoms with Crippen LogP contribution in [0, 0.1) is 4.91 Å². The molecule has 5 nitrogen and oxygen atoms in total. The van der Waals surface area contributed by atoms with Gasteiger partial charge in [0.05, 0.1) is 5.75 Å². The highest BCUT2D eigenvalue weighted by Gasteiger charge is 2.14. The minimum atomic E-state index is -3.25. The Kier molecular flexibility index (Phi) is 3.54. The molecule has 0 atom stereocenters. The summed E-state index contributed by atoms with van der Waals surface area (Å²) >= 11 is 0. The molecule has 0 aliphatic carbocycles. The minimum Gasteiger partial charge on any atom is -0.212 e. The molecule has 82 valence electrons. The van der Waals surface area contributed by atoms with Gasteiger partial charge in [0.25, 0.3) is 0 Å². The molecule has 0 aliphatic rings. The Hall–Kier alpha value is -1.27. The topological polar surface area (TPSA) is 66.8 Å². The molecule has 1 rings (SSSR count). The van der Waals surface area contributed by atoms with E-state index in [1.54, 1.807) is 12.1 Å². The minimum absolute atomic E-state index is 0.0703. The van der Waals surface area contributed by atoms with E-state index in [4.69, 9.17) is 0 Å². The first-order valence-corrected chi connectivity index (χ1v) is 5.89. The van der Waals surface area contributed by atoms with Crippen molar-refractivity contribution in [1.82, 2.24) is 4.31 Å². The summed E-state index contributed by atoms with van der Waals surface area (Å²) < 4.78 is 24.2. The molecule has 15 heavy (non-hydrogen) atoms. The summed E-state index contributed by atoms with van der Waals surface area (Å²) in [6.45, 7) is 0. The molecule has 0 radical (unpaired) electrons. The molecule has 0 bridgehead atoms. The fourth-order valence-electron chi connectivity index (χ4n) is 0.993. The summed E-state index contributed by atoms with van der Waals surface area (Å²) in [6.07, 6.45) is 0. The van der Waals surface area contributed by atoms with E-state index in [1.807, 2.05) is 0 Å². The normalized spacial score (nSPS) is 11.7. The van der Waals surface area contributed by atoms with Crippen molar-refractivity contribution in [3.8, 4) is 0 Å². The lowest BCUT2D eigenvalue weighted by atomic mass is 10.2. The van der Waals surface area contributed by atoms with Crippen LogP contribution >= 0.6 is 0 Å². The van der Waals surface area contributed by atoms with E-state index in [2.05, 4.69) is 5.18 Å². The van der Waals surface area contributed by atoms with Crippen molar-refractivity contribution in [2.45, 2.75) is 5.75 Å². The van der Waals surface area contributed by atoms with Gasteiger partial charge in [-0.2, -0.15) is 0 Å². The van der Waals surface area contributed by atoms with Crippen molar-refractivity contribution in [2.24, 2.45) is 5.18 Å². The van der Waals surface area contributed by atoms with Crippen molar-refractivity contribution < 1.29 is 8.42 Å². The number of hydrogen-bond acceptors (Lipinski definition) is 4. The summed E-state index contributed by atoms with van der Waals surface area (Å²) in [5, 5.41) is 2.73. The van der Waals surface area contributed by atoms with E-state index in [-0.39, 0.29) is 5.75 Å². The second-order valence-electron chi connectivity index (χ2n) is 3.30. The second kappa shape index (κ2) is 4.50. The van der Waals surface area contributed by atoms with Crippen LogP contribution in [0.2, 0.25) is 0 Å². The van der Waals surface area contributed by atoms with Crippen LogP contribution in [0.1, 0.15) is 5.56 Å². The highest BCUT2D eigenvalue weighted by atomic mass is 32.2. The van der Waals surface area contributed by atoms with Gasteiger partial charge < -0.3 is 0 Å². The predicted octanol–water partition coefficient (Wildman–Crippen LogP) is 1.48. The Morgan fingerprint density at radius 2 is 1.73 bits per heavy atom. The van der Waals surface area contributed by atoms with Gasteiger partial charge in [0, 0.05) is 14.1 Å². The third-order valence-corrected chi connectivity index (χ3v) is 3.76. The van der Waals surface area contributed by atoms with Crippen LogP contribution in [0.3, 0.4) is 0 Å². The van der Waals surface area contributed by atoms with Gasteiger partial charge >= 0.3 is 0 Å². The quantitative estimate of drug-likeness (QED) is 0.733. The average Bonchev–Trinajstić information content (AvgIpc) is 2.18. The van der Waals surface area contributed by atoms with Crippen LogP contribution in [-0.4, -0.2) is 26.8 Å². The summed E-state index contributed by atoms with van der Waals surface area (Å²) in [7, 11) is -0.281. The number of nitroso groups, excluding NO2 is 1. The molecule has 0 aliphatic heterocycles. The first kappa shape index (κ1) is 11.8. The molecule has 0 aromatic heterocycles. The summed E-state index contributed by atoms with van der Waals surface area (Å²) in [5.41, 5.74) is 0.928. The first-order chi connectivity index (χ1) is 6.95. The maximum absolute atomic E-state index is 11.5. The van der Waals surface area contributed by atoms with Gasteiger partial charge in [-0.15, -0.1) is 4.91 Å². The maximum Gasteiger partial charge on any atom is 0.217 e.